The van der Waals surface area contributed by atoms with Crippen molar-refractivity contribution in [2.75, 3.05) is 0 Å². The van der Waals surface area contributed by atoms with Crippen LogP contribution >= 0.6 is 11.6 Å². The second kappa shape index (κ2) is 34.1. The van der Waals surface area contributed by atoms with E-state index >= 15 is 0 Å². The Kier molecular flexibility index (Phi) is 25.0. The van der Waals surface area contributed by atoms with Crippen molar-refractivity contribution in [3.63, 3.8) is 0 Å². The topological polar surface area (TPSA) is 141 Å². The van der Waals surface area contributed by atoms with E-state index in [-0.39, 0.29) is 38.3 Å². The summed E-state index contributed by atoms with van der Waals surface area (Å²) in [5.41, 5.74) is 23.7. The van der Waals surface area contributed by atoms with E-state index in [1.54, 1.807) is 6.07 Å². The Morgan fingerprint density at radius 1 is 0.381 bits per heavy atom. The Morgan fingerprint density at radius 2 is 0.885 bits per heavy atom. The number of fused-ring (bicyclic) bond motifs is 7. The van der Waals surface area contributed by atoms with E-state index in [4.69, 9.17) is 20.4 Å². The highest BCUT2D eigenvalue weighted by Crippen LogP contribution is 2.37. The molecular weight excluding hydrogens is 1410 g/mol. The third-order valence-corrected chi connectivity index (χ3v) is 20.5. The van der Waals surface area contributed by atoms with Gasteiger partial charge in [0.05, 0.1) is 11.0 Å². The number of imidazole rings is 1. The summed E-state index contributed by atoms with van der Waals surface area (Å²) in [6.45, 7) is 47.8. The molecule has 17 aromatic rings. The van der Waals surface area contributed by atoms with Gasteiger partial charge in [0.25, 0.3) is 0 Å². The standard InChI is InChI=1S/C18H19NO.C17H18N2.C17H17NO.C13H17N.C12H14ClN.C12H14FN.C12H13N/c1-12-7-5-6-8-14(12)17-19-15-11-13(18(2,3)4)9-10-16(15)20-17;1-17(2,3)13-9-10-14-15(11-13)19-16(18-14)12-7-5-4-6-8-12;1-17(2,3)13-9-10-15-14(11-13)18-16(19-15)12-7-5-4-6-8-12;1-9-8-14-11-7-5-6-10(12(9)11)13(2,3)4;2*1-12(2,3)9-7-11-8(4-5-14-11)6-10(9)13;1-9(2)12-7-10-5-3-4-6-11(10)8-13-12/h5-11H,1-4H3;4-11H,1-3H3,(H,18,19);4-11H,1-3H3;5-8,14H,1-4H3;2*4-7,14H,1-3H3;3-9H,1-2H3. The smallest absolute Gasteiger partial charge is 0.227 e. The molecule has 0 bridgehead atoms. The number of nitrogens with one attached hydrogen (secondary N) is 4. The number of oxazole rings is 2. The lowest BCUT2D eigenvalue weighted by molar-refractivity contribution is 0.524. The lowest BCUT2D eigenvalue weighted by atomic mass is 9.84. The average molecular weight is 1520 g/mol. The molecule has 0 unspecified atom stereocenters. The van der Waals surface area contributed by atoms with Crippen molar-refractivity contribution in [2.24, 2.45) is 0 Å². The molecule has 12 heteroatoms. The van der Waals surface area contributed by atoms with Gasteiger partial charge < -0.3 is 28.8 Å². The van der Waals surface area contributed by atoms with Gasteiger partial charge in [0.1, 0.15) is 22.7 Å². The molecule has 7 aromatic heterocycles. The van der Waals surface area contributed by atoms with Gasteiger partial charge in [-0.3, -0.25) is 4.98 Å². The van der Waals surface area contributed by atoms with Crippen LogP contribution in [-0.2, 0) is 32.5 Å². The highest BCUT2D eigenvalue weighted by atomic mass is 35.5. The van der Waals surface area contributed by atoms with Gasteiger partial charge in [-0.15, -0.1) is 0 Å². The van der Waals surface area contributed by atoms with Crippen molar-refractivity contribution in [3.8, 4) is 34.3 Å². The highest BCUT2D eigenvalue weighted by Gasteiger charge is 2.24. The number of halogens is 2. The van der Waals surface area contributed by atoms with Gasteiger partial charge >= 0.3 is 0 Å². The first-order valence-electron chi connectivity index (χ1n) is 39.2. The summed E-state index contributed by atoms with van der Waals surface area (Å²) in [4.78, 5) is 31.3. The summed E-state index contributed by atoms with van der Waals surface area (Å²) >= 11 is 6.23. The molecule has 10 nitrogen and oxygen atoms in total. The second-order valence-electron chi connectivity index (χ2n) is 35.9. The molecule has 0 saturated carbocycles. The van der Waals surface area contributed by atoms with Gasteiger partial charge in [-0.1, -0.05) is 271 Å². The fourth-order valence-electron chi connectivity index (χ4n) is 13.3. The van der Waals surface area contributed by atoms with Gasteiger partial charge in [0, 0.05) is 90.3 Å². The van der Waals surface area contributed by atoms with Crippen LogP contribution in [0.4, 0.5) is 4.39 Å². The molecule has 17 rings (SSSR count). The predicted octanol–water partition coefficient (Wildman–Crippen LogP) is 29.3. The number of hydrogen-bond donors (Lipinski definition) is 4. The first kappa shape index (κ1) is 82.8. The van der Waals surface area contributed by atoms with Crippen LogP contribution in [0.25, 0.3) is 111 Å². The van der Waals surface area contributed by atoms with Crippen molar-refractivity contribution in [3.05, 3.63) is 310 Å². The normalized spacial score (nSPS) is 12.0. The molecule has 0 amide bonds. The van der Waals surface area contributed by atoms with Crippen LogP contribution in [-0.4, -0.2) is 39.9 Å². The minimum Gasteiger partial charge on any atom is -0.436 e. The molecular formula is C101H112ClFN8O2. The third kappa shape index (κ3) is 20.8. The largest absolute Gasteiger partial charge is 0.436 e. The maximum atomic E-state index is 13.7. The number of pyridine rings is 1. The summed E-state index contributed by atoms with van der Waals surface area (Å²) in [6, 6.07) is 75.9. The Bertz CT molecular complexity index is 5830. The van der Waals surface area contributed by atoms with E-state index in [9.17, 15) is 4.39 Å². The molecule has 0 aliphatic carbocycles. The molecule has 0 saturated heterocycles. The molecule has 4 N–H and O–H groups in total. The Morgan fingerprint density at radius 3 is 1.45 bits per heavy atom. The molecule has 582 valence electrons. The summed E-state index contributed by atoms with van der Waals surface area (Å²) < 4.78 is 25.4. The molecule has 10 aromatic carbocycles. The van der Waals surface area contributed by atoms with Crippen molar-refractivity contribution >= 4 is 88.3 Å². The number of nitrogens with zero attached hydrogens (tertiary/aromatic N) is 4. The number of aromatic nitrogens is 8. The zero-order chi connectivity index (χ0) is 81.5. The SMILES string of the molecule is CC(C)(C)c1cc2[nH]ccc2cc1Cl.CC(C)(C)c1cc2[nH]ccc2cc1F.CC(C)(C)c1ccc2nc(-c3ccccc3)[nH]c2c1.CC(C)(C)c1ccc2oc(-c3ccccc3)nc2c1.CC(C)c1cc2ccccc2cn1.Cc1c[nH]c2cccc(C(C)(C)C)c12.Cc1ccccc1-c1nc2cc(C(C)(C)C)ccc2o1. The molecule has 0 atom stereocenters. The Balaban J connectivity index is 0.000000131. The van der Waals surface area contributed by atoms with E-state index < -0.39 is 0 Å². The van der Waals surface area contributed by atoms with Gasteiger partial charge in [0.2, 0.25) is 11.8 Å². The molecule has 0 aliphatic heterocycles. The summed E-state index contributed by atoms with van der Waals surface area (Å²) in [5.74, 6) is 2.70. The number of benzene rings is 10. The minimum absolute atomic E-state index is 0.0936. The first-order chi connectivity index (χ1) is 53.3. The maximum Gasteiger partial charge on any atom is 0.227 e. The van der Waals surface area contributed by atoms with Gasteiger partial charge in [0.15, 0.2) is 11.2 Å². The van der Waals surface area contributed by atoms with Crippen LogP contribution in [0.1, 0.15) is 195 Å². The molecule has 0 spiro atoms. The van der Waals surface area contributed by atoms with Gasteiger partial charge in [-0.05, 0) is 205 Å². The van der Waals surface area contributed by atoms with Crippen LogP contribution in [0.2, 0.25) is 5.02 Å². The summed E-state index contributed by atoms with van der Waals surface area (Å²) in [5, 5.41) is 6.83. The van der Waals surface area contributed by atoms with E-state index in [0.29, 0.717) is 17.7 Å². The van der Waals surface area contributed by atoms with E-state index in [2.05, 4.69) is 287 Å². The number of rotatable bonds is 4. The third-order valence-electron chi connectivity index (χ3n) is 20.2. The van der Waals surface area contributed by atoms with Crippen molar-refractivity contribution in [1.29, 1.82) is 0 Å². The zero-order valence-electron chi connectivity index (χ0n) is 70.1. The lowest BCUT2D eigenvalue weighted by Gasteiger charge is -2.20. The van der Waals surface area contributed by atoms with Crippen LogP contribution in [0.5, 0.6) is 0 Å². The van der Waals surface area contributed by atoms with Gasteiger partial charge in [-0.2, -0.15) is 0 Å². The summed E-state index contributed by atoms with van der Waals surface area (Å²) in [7, 11) is 0. The second-order valence-corrected chi connectivity index (χ2v) is 36.3. The molecule has 113 heavy (non-hydrogen) atoms. The van der Waals surface area contributed by atoms with Crippen LogP contribution in [0.3, 0.4) is 0 Å². The zero-order valence-corrected chi connectivity index (χ0v) is 70.9. The molecule has 0 fully saturated rings. The van der Waals surface area contributed by atoms with E-state index in [1.165, 1.54) is 71.7 Å². The van der Waals surface area contributed by atoms with Crippen LogP contribution < -0.4 is 0 Å². The number of H-pyrrole nitrogens is 4. The Hall–Kier alpha value is -11.1. The van der Waals surface area contributed by atoms with Crippen LogP contribution in [0, 0.1) is 19.7 Å². The number of aromatic amines is 4. The monoisotopic (exact) mass is 1520 g/mol. The molecule has 7 heterocycles. The quantitative estimate of drug-likeness (QED) is 0.138. The van der Waals surface area contributed by atoms with E-state index in [1.807, 2.05) is 149 Å². The minimum atomic E-state index is -0.149. The predicted molar refractivity (Wildman–Crippen MR) is 478 cm³/mol. The molecule has 0 aliphatic rings. The van der Waals surface area contributed by atoms with Crippen molar-refractivity contribution < 1.29 is 13.2 Å². The highest BCUT2D eigenvalue weighted by molar-refractivity contribution is 6.32. The fraction of sp³-hybridized carbons (Fsp3) is 0.287. The van der Waals surface area contributed by atoms with Crippen LogP contribution in [0.15, 0.2) is 258 Å². The van der Waals surface area contributed by atoms with E-state index in [0.717, 1.165) is 82.8 Å². The first-order valence-corrected chi connectivity index (χ1v) is 39.6. The van der Waals surface area contributed by atoms with Crippen molar-refractivity contribution in [1.82, 2.24) is 39.9 Å². The lowest BCUT2D eigenvalue weighted by Crippen LogP contribution is -2.13. The number of hydrogen-bond acceptors (Lipinski definition) is 6. The Labute approximate surface area is 672 Å². The summed E-state index contributed by atoms with van der Waals surface area (Å²) in [6.07, 6.45) is 7.80. The maximum absolute atomic E-state index is 13.7. The molecule has 0 radical (unpaired) electrons. The van der Waals surface area contributed by atoms with Crippen molar-refractivity contribution in [2.45, 2.75) is 191 Å². The fourth-order valence-corrected chi connectivity index (χ4v) is 13.8. The number of aryl methyl sites for hydroxylation is 2. The van der Waals surface area contributed by atoms with Gasteiger partial charge in [-0.25, -0.2) is 19.3 Å². The average Bonchev–Trinajstić information content (AvgIpc) is 1.73.